The van der Waals surface area contributed by atoms with Gasteiger partial charge in [-0.05, 0) is 32.7 Å². The molecule has 2 rings (SSSR count). The molecule has 0 aromatic rings. The van der Waals surface area contributed by atoms with E-state index in [0.29, 0.717) is 0 Å². The third kappa shape index (κ3) is 1.38. The van der Waals surface area contributed by atoms with E-state index in [1.54, 1.807) is 0 Å². The highest BCUT2D eigenvalue weighted by Crippen LogP contribution is 2.30. The second-order valence-electron chi connectivity index (χ2n) is 4.79. The summed E-state index contributed by atoms with van der Waals surface area (Å²) in [4.78, 5) is 5.11. The van der Waals surface area contributed by atoms with Crippen LogP contribution in [0.4, 0.5) is 0 Å². The monoisotopic (exact) mass is 170 g/mol. The molecule has 0 bridgehead atoms. The zero-order valence-corrected chi connectivity index (χ0v) is 8.45. The summed E-state index contributed by atoms with van der Waals surface area (Å²) in [5.74, 6) is 1.94. The molecular weight excluding hydrogens is 148 g/mol. The summed E-state index contributed by atoms with van der Waals surface area (Å²) in [5, 5.41) is 0. The van der Waals surface area contributed by atoms with Gasteiger partial charge in [-0.3, -0.25) is 0 Å². The van der Waals surface area contributed by atoms with Crippen LogP contribution in [-0.2, 0) is 0 Å². The number of hydrogen-bond acceptors (Lipinski definition) is 2. The third-order valence-corrected chi connectivity index (χ3v) is 3.43. The number of rotatable bonds is 1. The van der Waals surface area contributed by atoms with Crippen molar-refractivity contribution in [2.24, 2.45) is 11.8 Å². The van der Waals surface area contributed by atoms with Crippen molar-refractivity contribution in [2.75, 3.05) is 33.2 Å². The first-order valence-electron chi connectivity index (χ1n) is 5.09. The summed E-state index contributed by atoms with van der Waals surface area (Å²) in [6, 6.07) is 0.751. The maximum Gasteiger partial charge on any atom is 0.00388 e. The topological polar surface area (TPSA) is 6.48 Å². The van der Waals surface area contributed by atoms with Gasteiger partial charge in [0.25, 0.3) is 0 Å². The molecule has 0 aromatic carbocycles. The van der Waals surface area contributed by atoms with Gasteiger partial charge < -0.3 is 9.80 Å². The lowest BCUT2D eigenvalue weighted by atomic mass is 10.0. The Morgan fingerprint density at radius 3 is 2.00 bits per heavy atom. The van der Waals surface area contributed by atoms with Crippen LogP contribution in [0.25, 0.3) is 0 Å². The SMILES string of the molecule is CC(C)N1CC2CN(C)C[C@H]2C1.[HH]. The van der Waals surface area contributed by atoms with Crippen molar-refractivity contribution < 1.29 is 1.43 Å². The number of hydrogen-bond donors (Lipinski definition) is 0. The van der Waals surface area contributed by atoms with Gasteiger partial charge in [0, 0.05) is 33.6 Å². The van der Waals surface area contributed by atoms with Crippen LogP contribution in [0.15, 0.2) is 0 Å². The minimum atomic E-state index is 0. The summed E-state index contributed by atoms with van der Waals surface area (Å²) in [6.45, 7) is 9.96. The van der Waals surface area contributed by atoms with E-state index in [9.17, 15) is 0 Å². The molecule has 0 aliphatic carbocycles. The summed E-state index contributed by atoms with van der Waals surface area (Å²) in [7, 11) is 2.25. The standard InChI is InChI=1S/C10H20N2.H2/c1-8(2)12-6-9-4-11(3)5-10(9)7-12;/h8-10H,4-7H2,1-3H3;1H/t9-,10?;/m0./s1. The zero-order valence-electron chi connectivity index (χ0n) is 8.45. The van der Waals surface area contributed by atoms with Crippen molar-refractivity contribution in [3.05, 3.63) is 0 Å². The fourth-order valence-electron chi connectivity index (χ4n) is 2.69. The van der Waals surface area contributed by atoms with Gasteiger partial charge in [0.2, 0.25) is 0 Å². The Hall–Kier alpha value is -0.0800. The lowest BCUT2D eigenvalue weighted by molar-refractivity contribution is 0.235. The smallest absolute Gasteiger partial charge is 0.00388 e. The molecular formula is C10H22N2. The molecule has 0 radical (unpaired) electrons. The van der Waals surface area contributed by atoms with Crippen LogP contribution in [0, 0.1) is 11.8 Å². The zero-order chi connectivity index (χ0) is 8.72. The van der Waals surface area contributed by atoms with Crippen molar-refractivity contribution in [1.82, 2.24) is 9.80 Å². The largest absolute Gasteiger partial charge is 0.306 e. The van der Waals surface area contributed by atoms with Crippen LogP contribution in [0.2, 0.25) is 0 Å². The van der Waals surface area contributed by atoms with E-state index in [-0.39, 0.29) is 1.43 Å². The summed E-state index contributed by atoms with van der Waals surface area (Å²) < 4.78 is 0. The number of fused-ring (bicyclic) bond motifs is 1. The van der Waals surface area contributed by atoms with Crippen LogP contribution < -0.4 is 0 Å². The third-order valence-electron chi connectivity index (χ3n) is 3.43. The van der Waals surface area contributed by atoms with Crippen molar-refractivity contribution in [2.45, 2.75) is 19.9 Å². The van der Waals surface area contributed by atoms with Gasteiger partial charge in [-0.15, -0.1) is 0 Å². The molecule has 2 atom stereocenters. The van der Waals surface area contributed by atoms with E-state index >= 15 is 0 Å². The van der Waals surface area contributed by atoms with E-state index in [1.165, 1.54) is 26.2 Å². The molecule has 2 aliphatic rings. The Balaban J connectivity index is 0.000000845. The molecule has 0 amide bonds. The summed E-state index contributed by atoms with van der Waals surface area (Å²) in [6.07, 6.45) is 0. The lowest BCUT2D eigenvalue weighted by Gasteiger charge is -2.22. The van der Waals surface area contributed by atoms with Crippen LogP contribution >= 0.6 is 0 Å². The van der Waals surface area contributed by atoms with Gasteiger partial charge in [-0.2, -0.15) is 0 Å². The molecule has 2 heteroatoms. The normalized spacial score (nSPS) is 38.0. The Morgan fingerprint density at radius 1 is 1.08 bits per heavy atom. The van der Waals surface area contributed by atoms with Crippen molar-refractivity contribution in [3.8, 4) is 0 Å². The molecule has 2 fully saturated rings. The first-order valence-corrected chi connectivity index (χ1v) is 5.09. The predicted molar refractivity (Wildman–Crippen MR) is 53.3 cm³/mol. The first kappa shape index (κ1) is 8.52. The molecule has 0 N–H and O–H groups in total. The molecule has 0 saturated carbocycles. The van der Waals surface area contributed by atoms with Crippen LogP contribution in [-0.4, -0.2) is 49.1 Å². The maximum absolute atomic E-state index is 2.63. The van der Waals surface area contributed by atoms with Crippen LogP contribution in [0.3, 0.4) is 0 Å². The maximum atomic E-state index is 2.63. The highest BCUT2D eigenvalue weighted by molar-refractivity contribution is 4.92. The molecule has 2 saturated heterocycles. The van der Waals surface area contributed by atoms with E-state index < -0.39 is 0 Å². The van der Waals surface area contributed by atoms with Gasteiger partial charge in [0.15, 0.2) is 0 Å². The highest BCUT2D eigenvalue weighted by atomic mass is 15.2. The molecule has 2 heterocycles. The number of likely N-dealkylation sites (tertiary alicyclic amines) is 2. The summed E-state index contributed by atoms with van der Waals surface area (Å²) in [5.41, 5.74) is 0. The Morgan fingerprint density at radius 2 is 1.58 bits per heavy atom. The molecule has 1 unspecified atom stereocenters. The average Bonchev–Trinajstić information content (AvgIpc) is 2.42. The van der Waals surface area contributed by atoms with E-state index in [2.05, 4.69) is 30.7 Å². The molecule has 72 valence electrons. The van der Waals surface area contributed by atoms with E-state index in [0.717, 1.165) is 17.9 Å². The quantitative estimate of drug-likeness (QED) is 0.582. The number of nitrogens with zero attached hydrogens (tertiary/aromatic N) is 2. The fourth-order valence-corrected chi connectivity index (χ4v) is 2.69. The van der Waals surface area contributed by atoms with E-state index in [4.69, 9.17) is 0 Å². The minimum Gasteiger partial charge on any atom is -0.306 e. The molecule has 0 aromatic heterocycles. The fraction of sp³-hybridized carbons (Fsp3) is 1.00. The first-order chi connectivity index (χ1) is 5.66. The van der Waals surface area contributed by atoms with Crippen molar-refractivity contribution >= 4 is 0 Å². The van der Waals surface area contributed by atoms with Gasteiger partial charge >= 0.3 is 0 Å². The Bertz CT molecular complexity index is 158. The predicted octanol–water partition coefficient (Wildman–Crippen LogP) is 1.13. The Kier molecular flexibility index (Phi) is 2.13. The van der Waals surface area contributed by atoms with E-state index in [1.807, 2.05) is 0 Å². The lowest BCUT2D eigenvalue weighted by Crippen LogP contribution is -2.32. The van der Waals surface area contributed by atoms with Crippen LogP contribution in [0.5, 0.6) is 0 Å². The molecule has 12 heavy (non-hydrogen) atoms. The van der Waals surface area contributed by atoms with Crippen LogP contribution in [0.1, 0.15) is 15.3 Å². The molecule has 2 nitrogen and oxygen atoms in total. The molecule has 0 spiro atoms. The second kappa shape index (κ2) is 3.00. The van der Waals surface area contributed by atoms with Crippen molar-refractivity contribution in [3.63, 3.8) is 0 Å². The Labute approximate surface area is 77.0 Å². The van der Waals surface area contributed by atoms with Crippen molar-refractivity contribution in [1.29, 1.82) is 0 Å². The van der Waals surface area contributed by atoms with Gasteiger partial charge in [0.05, 0.1) is 0 Å². The van der Waals surface area contributed by atoms with Gasteiger partial charge in [0.1, 0.15) is 0 Å². The summed E-state index contributed by atoms with van der Waals surface area (Å²) >= 11 is 0. The molecule has 2 aliphatic heterocycles. The highest BCUT2D eigenvalue weighted by Gasteiger charge is 2.38. The van der Waals surface area contributed by atoms with Gasteiger partial charge in [-0.25, -0.2) is 0 Å². The average molecular weight is 170 g/mol. The van der Waals surface area contributed by atoms with Gasteiger partial charge in [-0.1, -0.05) is 0 Å². The minimum absolute atomic E-state index is 0. The second-order valence-corrected chi connectivity index (χ2v) is 4.79.